The summed E-state index contributed by atoms with van der Waals surface area (Å²) in [6.45, 7) is -0.0820. The lowest BCUT2D eigenvalue weighted by atomic mass is 9.64. The zero-order chi connectivity index (χ0) is 22.9. The van der Waals surface area contributed by atoms with Gasteiger partial charge < -0.3 is 4.74 Å². The number of hydrogen-bond acceptors (Lipinski definition) is 4. The molecule has 0 spiro atoms. The maximum Gasteiger partial charge on any atom is 0.188 e. The smallest absolute Gasteiger partial charge is 0.188 e. The minimum Gasteiger partial charge on any atom is -0.490 e. The van der Waals surface area contributed by atoms with E-state index in [1.165, 1.54) is 24.3 Å². The number of nitrogens with one attached hydrogen (secondary N) is 1. The first-order chi connectivity index (χ1) is 15.1. The highest BCUT2D eigenvalue weighted by Crippen LogP contribution is 2.59. The third-order valence-corrected chi connectivity index (χ3v) is 11.5. The van der Waals surface area contributed by atoms with E-state index in [-0.39, 0.29) is 46.9 Å². The molecule has 10 heteroatoms. The maximum absolute atomic E-state index is 15.3. The van der Waals surface area contributed by atoms with Crippen LogP contribution in [-0.4, -0.2) is 36.9 Å². The summed E-state index contributed by atoms with van der Waals surface area (Å²) >= 11 is 5.96. The van der Waals surface area contributed by atoms with Gasteiger partial charge in [0.05, 0.1) is 17.1 Å². The molecule has 1 saturated carbocycles. The summed E-state index contributed by atoms with van der Waals surface area (Å²) in [5.41, 5.74) is -0.247. The van der Waals surface area contributed by atoms with Crippen LogP contribution in [0.3, 0.4) is 0 Å². The second-order valence-electron chi connectivity index (χ2n) is 8.73. The molecular formula is C22H22ClF2NO4S2. The summed E-state index contributed by atoms with van der Waals surface area (Å²) in [6, 6.07) is 7.37. The Morgan fingerprint density at radius 2 is 1.81 bits per heavy atom. The first-order valence-electron chi connectivity index (χ1n) is 10.3. The minimum atomic E-state index is -4.19. The van der Waals surface area contributed by atoms with Crippen LogP contribution in [-0.2, 0) is 24.3 Å². The van der Waals surface area contributed by atoms with Crippen molar-refractivity contribution in [2.75, 3.05) is 12.4 Å². The van der Waals surface area contributed by atoms with Crippen LogP contribution in [0.15, 0.2) is 41.3 Å². The van der Waals surface area contributed by atoms with E-state index in [1.807, 2.05) is 0 Å². The SMILES string of the molecule is C=S1(=O)CC[C@H]2[C@H](CC[C@]3(S(=O)(=O)c4ccc(Cl)cc4)c4c(F)ccc(F)c4OC[C@H]23)N1. The Hall–Kier alpha value is -1.68. The van der Waals surface area contributed by atoms with Gasteiger partial charge in [0.2, 0.25) is 0 Å². The average molecular weight is 502 g/mol. The van der Waals surface area contributed by atoms with Crippen LogP contribution in [0.1, 0.15) is 24.8 Å². The van der Waals surface area contributed by atoms with Gasteiger partial charge in [-0.1, -0.05) is 11.6 Å². The predicted molar refractivity (Wildman–Crippen MR) is 120 cm³/mol. The van der Waals surface area contributed by atoms with Gasteiger partial charge in [-0.25, -0.2) is 21.9 Å². The molecule has 32 heavy (non-hydrogen) atoms. The van der Waals surface area contributed by atoms with Gasteiger partial charge in [0.15, 0.2) is 21.4 Å². The van der Waals surface area contributed by atoms with Crippen molar-refractivity contribution in [3.8, 4) is 5.75 Å². The second kappa shape index (κ2) is 7.41. The molecule has 5 rings (SSSR count). The lowest BCUT2D eigenvalue weighted by Gasteiger charge is -2.54. The molecule has 1 aliphatic carbocycles. The fourth-order valence-electron chi connectivity index (χ4n) is 5.71. The van der Waals surface area contributed by atoms with Crippen molar-refractivity contribution in [1.29, 1.82) is 0 Å². The van der Waals surface area contributed by atoms with Crippen molar-refractivity contribution in [3.05, 3.63) is 58.6 Å². The fourth-order valence-corrected chi connectivity index (χ4v) is 9.85. The molecule has 1 saturated heterocycles. The second-order valence-corrected chi connectivity index (χ2v) is 13.6. The zero-order valence-corrected chi connectivity index (χ0v) is 19.4. The Morgan fingerprint density at radius 1 is 1.12 bits per heavy atom. The summed E-state index contributed by atoms with van der Waals surface area (Å²) in [7, 11) is -6.66. The molecule has 2 fully saturated rings. The van der Waals surface area contributed by atoms with Crippen LogP contribution in [0.2, 0.25) is 5.02 Å². The van der Waals surface area contributed by atoms with Crippen molar-refractivity contribution in [2.45, 2.75) is 34.9 Å². The van der Waals surface area contributed by atoms with Gasteiger partial charge in [0, 0.05) is 32.4 Å². The molecule has 1 N–H and O–H groups in total. The highest BCUT2D eigenvalue weighted by Gasteiger charge is 2.63. The monoisotopic (exact) mass is 501 g/mol. The van der Waals surface area contributed by atoms with Gasteiger partial charge in [0.25, 0.3) is 0 Å². The topological polar surface area (TPSA) is 72.5 Å². The molecule has 5 nitrogen and oxygen atoms in total. The van der Waals surface area contributed by atoms with E-state index in [0.717, 1.165) is 12.1 Å². The van der Waals surface area contributed by atoms with Gasteiger partial charge in [-0.15, -0.1) is 0 Å². The number of rotatable bonds is 2. The molecule has 3 aliphatic rings. The minimum absolute atomic E-state index is 0.00779. The van der Waals surface area contributed by atoms with E-state index in [4.69, 9.17) is 16.3 Å². The van der Waals surface area contributed by atoms with Gasteiger partial charge in [0.1, 0.15) is 10.6 Å². The summed E-state index contributed by atoms with van der Waals surface area (Å²) in [5.74, 6) is 1.17. The van der Waals surface area contributed by atoms with Crippen LogP contribution in [0.5, 0.6) is 5.75 Å². The molecular weight excluding hydrogens is 480 g/mol. The third-order valence-electron chi connectivity index (χ3n) is 7.10. The predicted octanol–water partition coefficient (Wildman–Crippen LogP) is 3.70. The van der Waals surface area contributed by atoms with Gasteiger partial charge >= 0.3 is 0 Å². The molecule has 5 atom stereocenters. The van der Waals surface area contributed by atoms with E-state index in [2.05, 4.69) is 10.6 Å². The molecule has 2 heterocycles. The number of halogens is 3. The Labute approximate surface area is 191 Å². The number of benzene rings is 2. The highest BCUT2D eigenvalue weighted by atomic mass is 35.5. The number of sulfone groups is 1. The van der Waals surface area contributed by atoms with Crippen molar-refractivity contribution in [1.82, 2.24) is 4.72 Å². The van der Waals surface area contributed by atoms with E-state index < -0.39 is 41.8 Å². The van der Waals surface area contributed by atoms with E-state index >= 15 is 4.39 Å². The molecule has 2 aromatic rings. The highest BCUT2D eigenvalue weighted by molar-refractivity contribution is 7.98. The Morgan fingerprint density at radius 3 is 2.53 bits per heavy atom. The van der Waals surface area contributed by atoms with Gasteiger partial charge in [-0.2, -0.15) is 0 Å². The van der Waals surface area contributed by atoms with Crippen molar-refractivity contribution >= 4 is 37.0 Å². The Kier molecular flexibility index (Phi) is 5.13. The molecule has 0 aromatic heterocycles. The summed E-state index contributed by atoms with van der Waals surface area (Å²) in [6.07, 6.45) is 0.817. The van der Waals surface area contributed by atoms with Crippen molar-refractivity contribution in [2.24, 2.45) is 11.8 Å². The maximum atomic E-state index is 15.3. The van der Waals surface area contributed by atoms with E-state index in [9.17, 15) is 17.0 Å². The molecule has 172 valence electrons. The van der Waals surface area contributed by atoms with Crippen LogP contribution >= 0.6 is 11.6 Å². The normalized spacial score (nSPS) is 34.0. The van der Waals surface area contributed by atoms with E-state index in [0.29, 0.717) is 17.9 Å². The molecule has 0 bridgehead atoms. The molecule has 2 aromatic carbocycles. The molecule has 0 radical (unpaired) electrons. The molecule has 0 amide bonds. The van der Waals surface area contributed by atoms with Crippen LogP contribution in [0, 0.1) is 23.5 Å². The lowest BCUT2D eigenvalue weighted by Crippen LogP contribution is -2.62. The number of hydrogen-bond donors (Lipinski definition) is 1. The van der Waals surface area contributed by atoms with Gasteiger partial charge in [-0.05, 0) is 67.4 Å². The number of fused-ring (bicyclic) bond motifs is 5. The Bertz CT molecular complexity index is 1300. The third kappa shape index (κ3) is 3.12. The standard InChI is InChI=1S/C22H22ClF2NO4S2/c1-31(27)11-9-15-16-12-30-21-18(25)7-6-17(24)20(21)22(16,10-8-19(15)26-31)32(28,29)14-4-2-13(23)3-5-14/h2-7,15-16,19H,1,8-12H2,(H,26,27)/t15-,16-,19+,22-,31?/m1/s1. The molecule has 2 aliphatic heterocycles. The first-order valence-corrected chi connectivity index (χ1v) is 14.1. The lowest BCUT2D eigenvalue weighted by molar-refractivity contribution is 0.0544. The van der Waals surface area contributed by atoms with Gasteiger partial charge in [-0.3, -0.25) is 4.21 Å². The quantitative estimate of drug-likeness (QED) is 0.637. The fraction of sp³-hybridized carbons (Fsp3) is 0.409. The summed E-state index contributed by atoms with van der Waals surface area (Å²) < 4.78 is 78.0. The van der Waals surface area contributed by atoms with Crippen LogP contribution in [0.25, 0.3) is 0 Å². The van der Waals surface area contributed by atoms with Crippen molar-refractivity contribution in [3.63, 3.8) is 0 Å². The van der Waals surface area contributed by atoms with Crippen molar-refractivity contribution < 1.29 is 26.1 Å². The largest absolute Gasteiger partial charge is 0.490 e. The molecule has 1 unspecified atom stereocenters. The van der Waals surface area contributed by atoms with Crippen LogP contribution < -0.4 is 9.46 Å². The van der Waals surface area contributed by atoms with E-state index in [1.54, 1.807) is 0 Å². The summed E-state index contributed by atoms with van der Waals surface area (Å²) in [5, 5.41) is 0.369. The average Bonchev–Trinajstić information content (AvgIpc) is 2.75. The summed E-state index contributed by atoms with van der Waals surface area (Å²) in [4.78, 5) is -0.00779. The first kappa shape index (κ1) is 22.1. The number of ether oxygens (including phenoxy) is 1. The van der Waals surface area contributed by atoms with Crippen LogP contribution in [0.4, 0.5) is 8.78 Å². The zero-order valence-electron chi connectivity index (χ0n) is 17.0. The Balaban J connectivity index is 1.76.